The van der Waals surface area contributed by atoms with Gasteiger partial charge in [0.25, 0.3) is 5.91 Å². The Morgan fingerprint density at radius 2 is 2.35 bits per heavy atom. The summed E-state index contributed by atoms with van der Waals surface area (Å²) in [6, 6.07) is 2.17. The molecule has 0 spiro atoms. The van der Waals surface area contributed by atoms with Gasteiger partial charge in [-0.1, -0.05) is 23.4 Å². The predicted octanol–water partition coefficient (Wildman–Crippen LogP) is 0.106. The van der Waals surface area contributed by atoms with Crippen LogP contribution in [0.5, 0.6) is 0 Å². The third kappa shape index (κ3) is 4.95. The van der Waals surface area contributed by atoms with Gasteiger partial charge < -0.3 is 25.2 Å². The van der Waals surface area contributed by atoms with Crippen LogP contribution in [0.3, 0.4) is 0 Å². The van der Waals surface area contributed by atoms with Gasteiger partial charge in [-0.25, -0.2) is 0 Å². The fourth-order valence-corrected chi connectivity index (χ4v) is 2.97. The molecule has 1 amide bonds. The summed E-state index contributed by atoms with van der Waals surface area (Å²) in [5, 5.41) is 35.0. The lowest BCUT2D eigenvalue weighted by atomic mass is 9.77. The van der Waals surface area contributed by atoms with Crippen molar-refractivity contribution in [2.75, 3.05) is 0 Å². The second-order valence-corrected chi connectivity index (χ2v) is 6.06. The Kier molecular flexibility index (Phi) is 6.42. The van der Waals surface area contributed by atoms with Crippen LogP contribution in [0.2, 0.25) is 0 Å². The Hall–Kier alpha value is -1.59. The number of aliphatic hydroxyl groups excluding tert-OH is 1. The molecule has 2 heterocycles. The zero-order valence-electron chi connectivity index (χ0n) is 12.1. The second kappa shape index (κ2) is 8.32. The average Bonchev–Trinajstić information content (AvgIpc) is 2.94. The molecule has 1 aromatic heterocycles. The van der Waals surface area contributed by atoms with E-state index in [9.17, 15) is 14.7 Å². The molecule has 0 aliphatic carbocycles. The van der Waals surface area contributed by atoms with Gasteiger partial charge in [0.05, 0.1) is 12.0 Å². The highest BCUT2D eigenvalue weighted by atomic mass is 32.1. The van der Waals surface area contributed by atoms with Gasteiger partial charge >= 0.3 is 7.12 Å². The first-order chi connectivity index (χ1) is 11.0. The Labute approximate surface area is 136 Å². The lowest BCUT2D eigenvalue weighted by Gasteiger charge is -2.21. The number of nitrogens with one attached hydrogen (secondary N) is 1. The topological polar surface area (TPSA) is 128 Å². The zero-order valence-corrected chi connectivity index (χ0v) is 12.9. The van der Waals surface area contributed by atoms with Gasteiger partial charge in [0.15, 0.2) is 6.29 Å². The second-order valence-electron chi connectivity index (χ2n) is 5.08. The minimum Gasteiger partial charge on any atom is -0.426 e. The normalized spacial score (nSPS) is 22.7. The standard InChI is InChI=1S/C13H17BN2O6S/c17-11(18)7-8-3-1-5-10(14(20)22-8)15-13(19)12(16-21)9-4-2-6-23-9/h1-4,6,8,10-12,17-18,20H,5,7H2,(H,15,19). The van der Waals surface area contributed by atoms with E-state index >= 15 is 0 Å². The van der Waals surface area contributed by atoms with Crippen LogP contribution >= 0.6 is 11.3 Å². The Morgan fingerprint density at radius 1 is 1.57 bits per heavy atom. The van der Waals surface area contributed by atoms with Crippen molar-refractivity contribution in [1.82, 2.24) is 5.32 Å². The van der Waals surface area contributed by atoms with E-state index in [1.54, 1.807) is 29.7 Å². The molecule has 4 N–H and O–H groups in total. The summed E-state index contributed by atoms with van der Waals surface area (Å²) in [4.78, 5) is 23.6. The molecular formula is C13H17BN2O6S. The van der Waals surface area contributed by atoms with Crippen molar-refractivity contribution in [3.05, 3.63) is 39.4 Å². The Balaban J connectivity index is 1.98. The molecule has 1 aliphatic rings. The number of nitrogens with zero attached hydrogens (tertiary/aromatic N) is 1. The van der Waals surface area contributed by atoms with Crippen LogP contribution < -0.4 is 5.32 Å². The lowest BCUT2D eigenvalue weighted by Crippen LogP contribution is -2.49. The molecule has 10 heteroatoms. The number of carbonyl (C=O) groups is 1. The summed E-state index contributed by atoms with van der Waals surface area (Å²) in [5.74, 6) is -1.38. The molecule has 0 fully saturated rings. The monoisotopic (exact) mass is 340 g/mol. The fourth-order valence-electron chi connectivity index (χ4n) is 2.22. The van der Waals surface area contributed by atoms with Crippen molar-refractivity contribution in [3.63, 3.8) is 0 Å². The van der Waals surface area contributed by atoms with Crippen LogP contribution in [0.15, 0.2) is 34.8 Å². The number of hydrogen-bond acceptors (Lipinski definition) is 8. The summed E-state index contributed by atoms with van der Waals surface area (Å²) >= 11 is 1.24. The van der Waals surface area contributed by atoms with E-state index < -0.39 is 37.4 Å². The quantitative estimate of drug-likeness (QED) is 0.252. The zero-order chi connectivity index (χ0) is 16.8. The van der Waals surface area contributed by atoms with Gasteiger partial charge in [-0.05, 0) is 17.9 Å². The first-order valence-corrected chi connectivity index (χ1v) is 7.91. The molecule has 1 aliphatic heterocycles. The summed E-state index contributed by atoms with van der Waals surface area (Å²) in [5.41, 5.74) is 0. The number of rotatable bonds is 6. The molecule has 3 atom stereocenters. The number of amides is 1. The molecule has 0 radical (unpaired) electrons. The number of nitroso groups, excluding NO2 is 1. The van der Waals surface area contributed by atoms with E-state index in [1.165, 1.54) is 11.3 Å². The largest absolute Gasteiger partial charge is 0.478 e. The van der Waals surface area contributed by atoms with E-state index in [0.717, 1.165) is 0 Å². The highest BCUT2D eigenvalue weighted by Gasteiger charge is 2.34. The third-order valence-corrected chi connectivity index (χ3v) is 4.26. The van der Waals surface area contributed by atoms with Crippen molar-refractivity contribution < 1.29 is 24.7 Å². The molecule has 0 bridgehead atoms. The summed E-state index contributed by atoms with van der Waals surface area (Å²) < 4.78 is 5.27. The maximum absolute atomic E-state index is 12.2. The van der Waals surface area contributed by atoms with Gasteiger partial charge in [-0.2, -0.15) is 0 Å². The number of hydrogen-bond donors (Lipinski definition) is 4. The summed E-state index contributed by atoms with van der Waals surface area (Å²) in [6.45, 7) is 0. The van der Waals surface area contributed by atoms with Crippen molar-refractivity contribution in [2.45, 2.75) is 37.2 Å². The molecule has 1 aromatic rings. The van der Waals surface area contributed by atoms with Crippen molar-refractivity contribution in [2.24, 2.45) is 5.18 Å². The van der Waals surface area contributed by atoms with Crippen LogP contribution in [0.25, 0.3) is 0 Å². The van der Waals surface area contributed by atoms with E-state index in [0.29, 0.717) is 4.88 Å². The van der Waals surface area contributed by atoms with Crippen LogP contribution in [0, 0.1) is 4.91 Å². The maximum atomic E-state index is 12.2. The highest BCUT2D eigenvalue weighted by molar-refractivity contribution is 7.10. The Morgan fingerprint density at radius 3 is 2.96 bits per heavy atom. The highest BCUT2D eigenvalue weighted by Crippen LogP contribution is 2.23. The molecule has 8 nitrogen and oxygen atoms in total. The SMILES string of the molecule is O=NC(C(=O)NC1CC=CC(CC(O)O)OB1O)c1cccs1. The molecular weight excluding hydrogens is 323 g/mol. The third-order valence-electron chi connectivity index (χ3n) is 3.34. The van der Waals surface area contributed by atoms with Gasteiger partial charge in [-0.3, -0.25) is 4.79 Å². The van der Waals surface area contributed by atoms with E-state index in [2.05, 4.69) is 10.5 Å². The minimum absolute atomic E-state index is 0.0953. The van der Waals surface area contributed by atoms with Gasteiger partial charge in [0, 0.05) is 11.3 Å². The molecule has 0 saturated heterocycles. The van der Waals surface area contributed by atoms with E-state index in [-0.39, 0.29) is 12.8 Å². The minimum atomic E-state index is -1.56. The van der Waals surface area contributed by atoms with Crippen LogP contribution in [0.4, 0.5) is 0 Å². The molecule has 124 valence electrons. The van der Waals surface area contributed by atoms with Gasteiger partial charge in [0.2, 0.25) is 6.04 Å². The first kappa shape index (κ1) is 17.8. The van der Waals surface area contributed by atoms with Crippen molar-refractivity contribution in [3.8, 4) is 0 Å². The van der Waals surface area contributed by atoms with Crippen molar-refractivity contribution >= 4 is 24.4 Å². The van der Waals surface area contributed by atoms with E-state index in [4.69, 9.17) is 14.9 Å². The predicted molar refractivity (Wildman–Crippen MR) is 84.2 cm³/mol. The maximum Gasteiger partial charge on any atom is 0.478 e. The molecule has 3 unspecified atom stereocenters. The molecule has 2 rings (SSSR count). The summed E-state index contributed by atoms with van der Waals surface area (Å²) in [6.07, 6.45) is 1.20. The van der Waals surface area contributed by atoms with Crippen LogP contribution in [-0.2, 0) is 9.45 Å². The van der Waals surface area contributed by atoms with Crippen molar-refractivity contribution in [1.29, 1.82) is 0 Å². The Bertz CT molecular complexity index is 553. The molecule has 0 aromatic carbocycles. The number of thiophene rings is 1. The van der Waals surface area contributed by atoms with Crippen LogP contribution in [0.1, 0.15) is 23.8 Å². The first-order valence-electron chi connectivity index (χ1n) is 7.04. The fraction of sp³-hybridized carbons (Fsp3) is 0.462. The number of aliphatic hydroxyl groups is 2. The lowest BCUT2D eigenvalue weighted by molar-refractivity contribution is -0.122. The smallest absolute Gasteiger partial charge is 0.426 e. The molecule has 0 saturated carbocycles. The van der Waals surface area contributed by atoms with Gasteiger partial charge in [0.1, 0.15) is 0 Å². The summed E-state index contributed by atoms with van der Waals surface area (Å²) in [7, 11) is -1.34. The average molecular weight is 340 g/mol. The van der Waals surface area contributed by atoms with Crippen LogP contribution in [-0.4, -0.2) is 46.6 Å². The molecule has 23 heavy (non-hydrogen) atoms. The number of carbonyl (C=O) groups excluding carboxylic acids is 1. The van der Waals surface area contributed by atoms with Gasteiger partial charge in [-0.15, -0.1) is 16.2 Å². The van der Waals surface area contributed by atoms with E-state index in [1.807, 2.05) is 0 Å².